The zero-order valence-electron chi connectivity index (χ0n) is 10.2. The lowest BCUT2D eigenvalue weighted by Crippen LogP contribution is -2.50. The summed E-state index contributed by atoms with van der Waals surface area (Å²) < 4.78 is 0. The second kappa shape index (κ2) is 3.78. The Morgan fingerprint density at radius 2 is 1.87 bits per heavy atom. The summed E-state index contributed by atoms with van der Waals surface area (Å²) in [7, 11) is 0. The van der Waals surface area contributed by atoms with Gasteiger partial charge in [0, 0.05) is 12.0 Å². The summed E-state index contributed by atoms with van der Waals surface area (Å²) in [6.45, 7) is 10.1. The lowest BCUT2D eigenvalue weighted by molar-refractivity contribution is 0.0902. The van der Waals surface area contributed by atoms with Crippen LogP contribution in [0.3, 0.4) is 0 Å². The van der Waals surface area contributed by atoms with Crippen LogP contribution in [0.4, 0.5) is 0 Å². The van der Waals surface area contributed by atoms with Crippen LogP contribution in [0.5, 0.6) is 0 Å². The van der Waals surface area contributed by atoms with E-state index in [0.29, 0.717) is 6.04 Å². The standard InChI is InChI=1S/C12H23N3/c1-12(2,3)11(13)14-10-8-15-6-4-9(10)5-7-15/h9-10H,4-8H2,1-3H3,(H2,13,14). The van der Waals surface area contributed by atoms with Gasteiger partial charge in [0.15, 0.2) is 0 Å². The molecular formula is C12H23N3. The number of nitrogens with two attached hydrogens (primary N) is 1. The summed E-state index contributed by atoms with van der Waals surface area (Å²) in [5.41, 5.74) is 6.06. The molecule has 0 aromatic carbocycles. The smallest absolute Gasteiger partial charge is 0.0995 e. The van der Waals surface area contributed by atoms with Gasteiger partial charge in [-0.2, -0.15) is 0 Å². The number of piperidine rings is 3. The minimum Gasteiger partial charge on any atom is -0.387 e. The highest BCUT2D eigenvalue weighted by Gasteiger charge is 2.34. The molecule has 0 radical (unpaired) electrons. The molecule has 0 saturated carbocycles. The zero-order chi connectivity index (χ0) is 11.1. The average Bonchev–Trinajstić information content (AvgIpc) is 2.18. The van der Waals surface area contributed by atoms with Crippen LogP contribution in [-0.4, -0.2) is 36.4 Å². The van der Waals surface area contributed by atoms with Crippen LogP contribution in [0.25, 0.3) is 0 Å². The predicted octanol–water partition coefficient (Wildman–Crippen LogP) is 1.48. The fraction of sp³-hybridized carbons (Fsp3) is 0.917. The Balaban J connectivity index is 2.06. The quantitative estimate of drug-likeness (QED) is 0.525. The highest BCUT2D eigenvalue weighted by molar-refractivity contribution is 5.85. The van der Waals surface area contributed by atoms with E-state index < -0.39 is 0 Å². The van der Waals surface area contributed by atoms with Crippen LogP contribution < -0.4 is 5.73 Å². The van der Waals surface area contributed by atoms with E-state index in [-0.39, 0.29) is 5.41 Å². The number of rotatable bonds is 1. The first-order valence-corrected chi connectivity index (χ1v) is 6.03. The third-order valence-corrected chi connectivity index (χ3v) is 3.69. The van der Waals surface area contributed by atoms with Gasteiger partial charge in [0.2, 0.25) is 0 Å². The Bertz CT molecular complexity index is 257. The molecule has 3 aliphatic rings. The topological polar surface area (TPSA) is 41.6 Å². The van der Waals surface area contributed by atoms with Crippen molar-refractivity contribution in [2.24, 2.45) is 22.1 Å². The Labute approximate surface area is 92.7 Å². The van der Waals surface area contributed by atoms with Gasteiger partial charge < -0.3 is 10.6 Å². The van der Waals surface area contributed by atoms with Gasteiger partial charge in [-0.1, -0.05) is 20.8 Å². The second-order valence-electron chi connectivity index (χ2n) is 5.97. The largest absolute Gasteiger partial charge is 0.387 e. The van der Waals surface area contributed by atoms with Gasteiger partial charge >= 0.3 is 0 Å². The van der Waals surface area contributed by atoms with Crippen molar-refractivity contribution in [3.8, 4) is 0 Å². The molecule has 0 aliphatic carbocycles. The molecule has 0 aromatic rings. The lowest BCUT2D eigenvalue weighted by Gasteiger charge is -2.43. The first-order valence-electron chi connectivity index (χ1n) is 6.03. The predicted molar refractivity (Wildman–Crippen MR) is 64.0 cm³/mol. The van der Waals surface area contributed by atoms with Gasteiger partial charge in [0.25, 0.3) is 0 Å². The van der Waals surface area contributed by atoms with Gasteiger partial charge in [0.1, 0.15) is 0 Å². The van der Waals surface area contributed by atoms with Gasteiger partial charge in [-0.05, 0) is 31.8 Å². The van der Waals surface area contributed by atoms with E-state index in [0.717, 1.165) is 18.3 Å². The summed E-state index contributed by atoms with van der Waals surface area (Å²) in [5, 5.41) is 0. The molecule has 3 aliphatic heterocycles. The maximum Gasteiger partial charge on any atom is 0.0995 e. The molecule has 2 bridgehead atoms. The van der Waals surface area contributed by atoms with Gasteiger partial charge in [-0.15, -0.1) is 0 Å². The molecular weight excluding hydrogens is 186 g/mol. The number of nitrogens with zero attached hydrogens (tertiary/aromatic N) is 2. The Morgan fingerprint density at radius 1 is 1.27 bits per heavy atom. The normalized spacial score (nSPS) is 37.0. The molecule has 2 N–H and O–H groups in total. The first-order chi connectivity index (χ1) is 6.97. The summed E-state index contributed by atoms with van der Waals surface area (Å²) in [6.07, 6.45) is 2.62. The Morgan fingerprint density at radius 3 is 2.27 bits per heavy atom. The summed E-state index contributed by atoms with van der Waals surface area (Å²) in [5.74, 6) is 1.61. The highest BCUT2D eigenvalue weighted by Crippen LogP contribution is 2.30. The van der Waals surface area contributed by atoms with Crippen LogP contribution in [-0.2, 0) is 0 Å². The Kier molecular flexibility index (Phi) is 2.75. The number of fused-ring (bicyclic) bond motifs is 3. The van der Waals surface area contributed by atoms with Crippen LogP contribution in [0.1, 0.15) is 33.6 Å². The van der Waals surface area contributed by atoms with Crippen LogP contribution in [0.15, 0.2) is 4.99 Å². The highest BCUT2D eigenvalue weighted by atomic mass is 15.2. The van der Waals surface area contributed by atoms with Gasteiger partial charge in [0.05, 0.1) is 11.9 Å². The van der Waals surface area contributed by atoms with E-state index in [1.54, 1.807) is 0 Å². The molecule has 3 nitrogen and oxygen atoms in total. The number of hydrogen-bond acceptors (Lipinski definition) is 2. The molecule has 1 unspecified atom stereocenters. The van der Waals surface area contributed by atoms with E-state index in [1.165, 1.54) is 25.9 Å². The SMILES string of the molecule is CC(C)(C)C(N)=NC1CN2CCC1CC2. The van der Waals surface area contributed by atoms with Crippen molar-refractivity contribution in [2.75, 3.05) is 19.6 Å². The number of aliphatic imine (C=N–C) groups is 1. The van der Waals surface area contributed by atoms with E-state index >= 15 is 0 Å². The molecule has 3 saturated heterocycles. The maximum atomic E-state index is 6.04. The second-order valence-corrected chi connectivity index (χ2v) is 5.97. The third kappa shape index (κ3) is 2.33. The summed E-state index contributed by atoms with van der Waals surface area (Å²) in [4.78, 5) is 7.26. The van der Waals surface area contributed by atoms with Crippen molar-refractivity contribution in [1.82, 2.24) is 4.90 Å². The van der Waals surface area contributed by atoms with Crippen molar-refractivity contribution in [3.63, 3.8) is 0 Å². The van der Waals surface area contributed by atoms with Gasteiger partial charge in [-0.3, -0.25) is 4.99 Å². The molecule has 3 heteroatoms. The van der Waals surface area contributed by atoms with E-state index in [2.05, 4.69) is 25.7 Å². The van der Waals surface area contributed by atoms with Crippen molar-refractivity contribution in [2.45, 2.75) is 39.7 Å². The van der Waals surface area contributed by atoms with E-state index in [9.17, 15) is 0 Å². The molecule has 3 fully saturated rings. The van der Waals surface area contributed by atoms with Crippen LogP contribution >= 0.6 is 0 Å². The number of hydrogen-bond donors (Lipinski definition) is 1. The van der Waals surface area contributed by atoms with Crippen molar-refractivity contribution in [1.29, 1.82) is 0 Å². The summed E-state index contributed by atoms with van der Waals surface area (Å²) >= 11 is 0. The van der Waals surface area contributed by atoms with Crippen LogP contribution in [0.2, 0.25) is 0 Å². The maximum absolute atomic E-state index is 6.04. The minimum atomic E-state index is 0.0199. The van der Waals surface area contributed by atoms with E-state index in [4.69, 9.17) is 10.7 Å². The molecule has 0 amide bonds. The zero-order valence-corrected chi connectivity index (χ0v) is 10.2. The fourth-order valence-corrected chi connectivity index (χ4v) is 2.45. The third-order valence-electron chi connectivity index (χ3n) is 3.69. The lowest BCUT2D eigenvalue weighted by atomic mass is 9.84. The monoisotopic (exact) mass is 209 g/mol. The average molecular weight is 209 g/mol. The molecule has 15 heavy (non-hydrogen) atoms. The minimum absolute atomic E-state index is 0.0199. The van der Waals surface area contributed by atoms with Crippen molar-refractivity contribution >= 4 is 5.84 Å². The molecule has 3 heterocycles. The van der Waals surface area contributed by atoms with Crippen molar-refractivity contribution in [3.05, 3.63) is 0 Å². The van der Waals surface area contributed by atoms with E-state index in [1.807, 2.05) is 0 Å². The first kappa shape index (κ1) is 10.9. The van der Waals surface area contributed by atoms with Crippen LogP contribution in [0, 0.1) is 11.3 Å². The molecule has 0 spiro atoms. The molecule has 86 valence electrons. The fourth-order valence-electron chi connectivity index (χ4n) is 2.45. The Hall–Kier alpha value is -0.570. The number of amidine groups is 1. The summed E-state index contributed by atoms with van der Waals surface area (Å²) in [6, 6.07) is 0.465. The van der Waals surface area contributed by atoms with Gasteiger partial charge in [-0.25, -0.2) is 0 Å². The molecule has 3 rings (SSSR count). The molecule has 1 atom stereocenters. The molecule has 0 aromatic heterocycles. The van der Waals surface area contributed by atoms with Crippen molar-refractivity contribution < 1.29 is 0 Å².